The molecule has 3 heteroatoms. The van der Waals surface area contributed by atoms with E-state index >= 15 is 0 Å². The molecule has 0 unspecified atom stereocenters. The molecule has 104 valence electrons. The third-order valence-electron chi connectivity index (χ3n) is 4.16. The monoisotopic (exact) mass is 267 g/mol. The van der Waals surface area contributed by atoms with Gasteiger partial charge in [-0.2, -0.15) is 0 Å². The van der Waals surface area contributed by atoms with E-state index in [2.05, 4.69) is 59.2 Å². The Bertz CT molecular complexity index is 567. The number of nitrogens with zero attached hydrogens (tertiary/aromatic N) is 3. The number of para-hydroxylation sites is 1. The maximum Gasteiger partial charge on any atom is 0.137 e. The molecule has 0 saturated carbocycles. The molecule has 0 N–H and O–H groups in total. The quantitative estimate of drug-likeness (QED) is 0.846. The molecule has 20 heavy (non-hydrogen) atoms. The van der Waals surface area contributed by atoms with Crippen molar-refractivity contribution in [2.45, 2.75) is 18.9 Å². The fourth-order valence-corrected chi connectivity index (χ4v) is 3.03. The van der Waals surface area contributed by atoms with Crippen LogP contribution in [0, 0.1) is 0 Å². The summed E-state index contributed by atoms with van der Waals surface area (Å²) in [6, 6.07) is 15.2. The number of benzene rings is 1. The SMILES string of the molecule is CN(c1ccccc1)c1ncccc1[C@H]1CCCN1C. The van der Waals surface area contributed by atoms with Gasteiger partial charge in [0, 0.05) is 30.5 Å². The van der Waals surface area contributed by atoms with E-state index in [1.165, 1.54) is 30.6 Å². The summed E-state index contributed by atoms with van der Waals surface area (Å²) in [6.45, 7) is 1.17. The van der Waals surface area contributed by atoms with Crippen molar-refractivity contribution in [3.63, 3.8) is 0 Å². The van der Waals surface area contributed by atoms with E-state index in [1.807, 2.05) is 18.3 Å². The fourth-order valence-electron chi connectivity index (χ4n) is 3.03. The normalized spacial score (nSPS) is 19.2. The van der Waals surface area contributed by atoms with Crippen molar-refractivity contribution >= 4 is 11.5 Å². The summed E-state index contributed by atoms with van der Waals surface area (Å²) in [4.78, 5) is 9.25. The summed E-state index contributed by atoms with van der Waals surface area (Å²) < 4.78 is 0. The first-order valence-electron chi connectivity index (χ1n) is 7.21. The van der Waals surface area contributed by atoms with Gasteiger partial charge in [-0.1, -0.05) is 24.3 Å². The van der Waals surface area contributed by atoms with Gasteiger partial charge in [-0.15, -0.1) is 0 Å². The third-order valence-corrected chi connectivity index (χ3v) is 4.16. The molecule has 1 aromatic carbocycles. The van der Waals surface area contributed by atoms with E-state index in [0.717, 1.165) is 5.82 Å². The molecule has 1 aromatic heterocycles. The Kier molecular flexibility index (Phi) is 3.70. The lowest BCUT2D eigenvalue weighted by atomic mass is 10.0. The second-order valence-electron chi connectivity index (χ2n) is 5.45. The number of rotatable bonds is 3. The van der Waals surface area contributed by atoms with Crippen LogP contribution >= 0.6 is 0 Å². The van der Waals surface area contributed by atoms with Crippen LogP contribution < -0.4 is 4.90 Å². The van der Waals surface area contributed by atoms with Crippen LogP contribution in [0.1, 0.15) is 24.4 Å². The first-order valence-corrected chi connectivity index (χ1v) is 7.21. The van der Waals surface area contributed by atoms with Gasteiger partial charge in [0.05, 0.1) is 0 Å². The van der Waals surface area contributed by atoms with E-state index < -0.39 is 0 Å². The first-order chi connectivity index (χ1) is 9.77. The van der Waals surface area contributed by atoms with Crippen LogP contribution in [0.25, 0.3) is 0 Å². The molecule has 0 amide bonds. The van der Waals surface area contributed by atoms with E-state index in [4.69, 9.17) is 0 Å². The zero-order valence-electron chi connectivity index (χ0n) is 12.2. The maximum atomic E-state index is 4.63. The number of hydrogen-bond donors (Lipinski definition) is 0. The van der Waals surface area contributed by atoms with Crippen molar-refractivity contribution in [1.82, 2.24) is 9.88 Å². The van der Waals surface area contributed by atoms with Crippen LogP contribution in [-0.2, 0) is 0 Å². The minimum Gasteiger partial charge on any atom is -0.329 e. The van der Waals surface area contributed by atoms with Crippen LogP contribution in [0.2, 0.25) is 0 Å². The van der Waals surface area contributed by atoms with Gasteiger partial charge in [-0.25, -0.2) is 4.98 Å². The van der Waals surface area contributed by atoms with Gasteiger partial charge in [-0.3, -0.25) is 4.90 Å². The highest BCUT2D eigenvalue weighted by Gasteiger charge is 2.26. The van der Waals surface area contributed by atoms with Gasteiger partial charge in [0.1, 0.15) is 5.82 Å². The van der Waals surface area contributed by atoms with E-state index in [0.29, 0.717) is 6.04 Å². The molecule has 0 spiro atoms. The Labute approximate surface area is 120 Å². The van der Waals surface area contributed by atoms with Crippen LogP contribution in [0.15, 0.2) is 48.7 Å². The molecule has 1 atom stereocenters. The van der Waals surface area contributed by atoms with Crippen molar-refractivity contribution in [2.75, 3.05) is 25.5 Å². The highest BCUT2D eigenvalue weighted by atomic mass is 15.2. The lowest BCUT2D eigenvalue weighted by molar-refractivity contribution is 0.317. The highest BCUT2D eigenvalue weighted by molar-refractivity contribution is 5.62. The average molecular weight is 267 g/mol. The van der Waals surface area contributed by atoms with Crippen molar-refractivity contribution < 1.29 is 0 Å². The summed E-state index contributed by atoms with van der Waals surface area (Å²) in [7, 11) is 4.30. The lowest BCUT2D eigenvalue weighted by Gasteiger charge is -2.26. The standard InChI is InChI=1S/C17H21N3/c1-19-13-7-11-16(19)15-10-6-12-18-17(15)20(2)14-8-4-3-5-9-14/h3-6,8-10,12,16H,7,11,13H2,1-2H3/t16-/m1/s1. The Hall–Kier alpha value is -1.87. The molecule has 3 rings (SSSR count). The summed E-state index contributed by atoms with van der Waals surface area (Å²) >= 11 is 0. The predicted molar refractivity (Wildman–Crippen MR) is 83.3 cm³/mol. The Morgan fingerprint density at radius 1 is 1.15 bits per heavy atom. The molecule has 2 heterocycles. The van der Waals surface area contributed by atoms with Gasteiger partial charge in [0.2, 0.25) is 0 Å². The zero-order valence-corrected chi connectivity index (χ0v) is 12.2. The summed E-state index contributed by atoms with van der Waals surface area (Å²) in [5.74, 6) is 1.07. The van der Waals surface area contributed by atoms with Crippen molar-refractivity contribution in [3.05, 3.63) is 54.2 Å². The van der Waals surface area contributed by atoms with Gasteiger partial charge in [0.25, 0.3) is 0 Å². The van der Waals surface area contributed by atoms with Gasteiger partial charge in [0.15, 0.2) is 0 Å². The second-order valence-corrected chi connectivity index (χ2v) is 5.45. The Morgan fingerprint density at radius 3 is 2.65 bits per heavy atom. The molecular weight excluding hydrogens is 246 g/mol. The molecule has 2 aromatic rings. The van der Waals surface area contributed by atoms with Crippen molar-refractivity contribution in [3.8, 4) is 0 Å². The Balaban J connectivity index is 1.97. The number of aromatic nitrogens is 1. The molecule has 0 bridgehead atoms. The first kappa shape index (κ1) is 13.1. The fraction of sp³-hybridized carbons (Fsp3) is 0.353. The topological polar surface area (TPSA) is 19.4 Å². The summed E-state index contributed by atoms with van der Waals surface area (Å²) in [5.41, 5.74) is 2.51. The molecule has 1 saturated heterocycles. The second kappa shape index (κ2) is 5.63. The molecule has 1 aliphatic rings. The summed E-state index contributed by atoms with van der Waals surface area (Å²) in [5, 5.41) is 0. The molecule has 0 aliphatic carbocycles. The smallest absolute Gasteiger partial charge is 0.137 e. The van der Waals surface area contributed by atoms with E-state index in [9.17, 15) is 0 Å². The van der Waals surface area contributed by atoms with Crippen molar-refractivity contribution in [2.24, 2.45) is 0 Å². The number of pyridine rings is 1. The van der Waals surface area contributed by atoms with E-state index in [1.54, 1.807) is 0 Å². The molecule has 3 nitrogen and oxygen atoms in total. The van der Waals surface area contributed by atoms with Crippen LogP contribution in [0.4, 0.5) is 11.5 Å². The van der Waals surface area contributed by atoms with Gasteiger partial charge >= 0.3 is 0 Å². The highest BCUT2D eigenvalue weighted by Crippen LogP contribution is 2.36. The number of hydrogen-bond acceptors (Lipinski definition) is 3. The van der Waals surface area contributed by atoms with Crippen LogP contribution in [0.5, 0.6) is 0 Å². The summed E-state index contributed by atoms with van der Waals surface area (Å²) in [6.07, 6.45) is 4.37. The predicted octanol–water partition coefficient (Wildman–Crippen LogP) is 3.62. The Morgan fingerprint density at radius 2 is 1.95 bits per heavy atom. The van der Waals surface area contributed by atoms with Gasteiger partial charge in [-0.05, 0) is 44.6 Å². The minimum atomic E-state index is 0.491. The van der Waals surface area contributed by atoms with E-state index in [-0.39, 0.29) is 0 Å². The molecule has 1 fully saturated rings. The maximum absolute atomic E-state index is 4.63. The minimum absolute atomic E-state index is 0.491. The number of anilines is 2. The third kappa shape index (κ3) is 2.41. The van der Waals surface area contributed by atoms with Gasteiger partial charge < -0.3 is 4.90 Å². The average Bonchev–Trinajstić information content (AvgIpc) is 2.93. The van der Waals surface area contributed by atoms with Crippen LogP contribution in [0.3, 0.4) is 0 Å². The lowest BCUT2D eigenvalue weighted by Crippen LogP contribution is -2.21. The zero-order chi connectivity index (χ0) is 13.9. The van der Waals surface area contributed by atoms with Crippen LogP contribution in [-0.4, -0.2) is 30.5 Å². The van der Waals surface area contributed by atoms with Crippen molar-refractivity contribution in [1.29, 1.82) is 0 Å². The molecular formula is C17H21N3. The largest absolute Gasteiger partial charge is 0.329 e. The number of likely N-dealkylation sites (tertiary alicyclic amines) is 1. The molecule has 0 radical (unpaired) electrons. The molecule has 1 aliphatic heterocycles.